The summed E-state index contributed by atoms with van der Waals surface area (Å²) in [5.74, 6) is 0.0432. The van der Waals surface area contributed by atoms with Crippen LogP contribution in [-0.4, -0.2) is 66.2 Å². The minimum Gasteiger partial charge on any atom is -0.392 e. The number of hydrogen-bond donors (Lipinski definition) is 2. The Kier molecular flexibility index (Phi) is 4.46. The molecule has 2 rings (SSSR count). The van der Waals surface area contributed by atoms with Gasteiger partial charge in [0, 0.05) is 44.6 Å². The van der Waals surface area contributed by atoms with Gasteiger partial charge in [-0.3, -0.25) is 4.79 Å². The van der Waals surface area contributed by atoms with E-state index in [1.54, 1.807) is 23.9 Å². The summed E-state index contributed by atoms with van der Waals surface area (Å²) >= 11 is 0. The number of likely N-dealkylation sites (tertiary alicyclic amines) is 1. The summed E-state index contributed by atoms with van der Waals surface area (Å²) in [6.07, 6.45) is 1.72. The number of aliphatic hydroxyl groups excluding tert-OH is 1. The summed E-state index contributed by atoms with van der Waals surface area (Å²) in [7, 11) is 3.48. The molecule has 0 aromatic carbocycles. The third kappa shape index (κ3) is 3.15. The number of urea groups is 1. The van der Waals surface area contributed by atoms with Crippen molar-refractivity contribution in [3.05, 3.63) is 0 Å². The highest BCUT2D eigenvalue weighted by Crippen LogP contribution is 2.40. The highest BCUT2D eigenvalue weighted by molar-refractivity contribution is 5.80. The predicted octanol–water partition coefficient (Wildman–Crippen LogP) is 0.656. The van der Waals surface area contributed by atoms with Crippen LogP contribution in [0.2, 0.25) is 0 Å². The smallest absolute Gasteiger partial charge is 0.319 e. The van der Waals surface area contributed by atoms with Crippen LogP contribution >= 0.6 is 0 Å². The van der Waals surface area contributed by atoms with Gasteiger partial charge in [0.05, 0.1) is 6.10 Å². The molecule has 0 aromatic rings. The quantitative estimate of drug-likeness (QED) is 0.786. The van der Waals surface area contributed by atoms with Crippen molar-refractivity contribution in [3.8, 4) is 0 Å². The van der Waals surface area contributed by atoms with Crippen LogP contribution in [0.15, 0.2) is 0 Å². The summed E-state index contributed by atoms with van der Waals surface area (Å²) in [4.78, 5) is 27.5. The topological polar surface area (TPSA) is 72.9 Å². The molecule has 1 heterocycles. The SMILES string of the molecule is CN(C)C(=O)N1CCC(C(=O)NC2CC(O)C2(C)C)CC1. The average Bonchev–Trinajstić information content (AvgIpc) is 2.46. The van der Waals surface area contributed by atoms with Crippen molar-refractivity contribution in [3.63, 3.8) is 0 Å². The van der Waals surface area contributed by atoms with Crippen LogP contribution in [0.3, 0.4) is 0 Å². The molecule has 2 atom stereocenters. The van der Waals surface area contributed by atoms with Crippen LogP contribution in [0.25, 0.3) is 0 Å². The molecule has 6 nitrogen and oxygen atoms in total. The van der Waals surface area contributed by atoms with Crippen molar-refractivity contribution in [2.75, 3.05) is 27.2 Å². The average molecular weight is 297 g/mol. The Morgan fingerprint density at radius 1 is 1.24 bits per heavy atom. The highest BCUT2D eigenvalue weighted by atomic mass is 16.3. The molecule has 1 saturated heterocycles. The lowest BCUT2D eigenvalue weighted by Crippen LogP contribution is -2.62. The van der Waals surface area contributed by atoms with Crippen LogP contribution in [0, 0.1) is 11.3 Å². The van der Waals surface area contributed by atoms with Gasteiger partial charge in [-0.25, -0.2) is 4.79 Å². The van der Waals surface area contributed by atoms with Gasteiger partial charge >= 0.3 is 6.03 Å². The van der Waals surface area contributed by atoms with Crippen molar-refractivity contribution >= 4 is 11.9 Å². The summed E-state index contributed by atoms with van der Waals surface area (Å²) in [5.41, 5.74) is -0.239. The Balaban J connectivity index is 1.80. The number of nitrogens with one attached hydrogen (secondary N) is 1. The van der Waals surface area contributed by atoms with E-state index in [9.17, 15) is 14.7 Å². The van der Waals surface area contributed by atoms with Gasteiger partial charge in [-0.15, -0.1) is 0 Å². The number of hydrogen-bond acceptors (Lipinski definition) is 3. The second kappa shape index (κ2) is 5.83. The molecule has 2 aliphatic rings. The minimum atomic E-state index is -0.331. The fourth-order valence-corrected chi connectivity index (χ4v) is 3.05. The Bertz CT molecular complexity index is 414. The van der Waals surface area contributed by atoms with Crippen molar-refractivity contribution in [1.29, 1.82) is 0 Å². The molecule has 120 valence electrons. The highest BCUT2D eigenvalue weighted by Gasteiger charge is 2.48. The molecular weight excluding hydrogens is 270 g/mol. The van der Waals surface area contributed by atoms with E-state index in [-0.39, 0.29) is 35.4 Å². The van der Waals surface area contributed by atoms with Gasteiger partial charge in [0.2, 0.25) is 5.91 Å². The van der Waals surface area contributed by atoms with E-state index in [1.165, 1.54) is 0 Å². The first-order valence-corrected chi connectivity index (χ1v) is 7.68. The molecule has 0 aromatic heterocycles. The number of carbonyl (C=O) groups is 2. The van der Waals surface area contributed by atoms with Crippen LogP contribution in [0.5, 0.6) is 0 Å². The van der Waals surface area contributed by atoms with E-state index in [2.05, 4.69) is 5.32 Å². The first kappa shape index (κ1) is 16.1. The third-order valence-corrected chi connectivity index (χ3v) is 5.05. The molecule has 3 amide bonds. The zero-order valence-corrected chi connectivity index (χ0v) is 13.4. The lowest BCUT2D eigenvalue weighted by Gasteiger charge is -2.49. The van der Waals surface area contributed by atoms with Gasteiger partial charge in [-0.05, 0) is 19.3 Å². The molecule has 0 bridgehead atoms. The number of piperidine rings is 1. The van der Waals surface area contributed by atoms with Gasteiger partial charge in [0.1, 0.15) is 0 Å². The van der Waals surface area contributed by atoms with E-state index >= 15 is 0 Å². The molecule has 0 radical (unpaired) electrons. The van der Waals surface area contributed by atoms with Gasteiger partial charge in [0.15, 0.2) is 0 Å². The van der Waals surface area contributed by atoms with E-state index in [0.29, 0.717) is 32.4 Å². The molecule has 21 heavy (non-hydrogen) atoms. The monoisotopic (exact) mass is 297 g/mol. The van der Waals surface area contributed by atoms with Gasteiger partial charge in [-0.1, -0.05) is 13.8 Å². The second-order valence-corrected chi connectivity index (χ2v) is 7.07. The number of rotatable bonds is 2. The minimum absolute atomic E-state index is 0.0112. The summed E-state index contributed by atoms with van der Waals surface area (Å²) in [6, 6.07) is 0.0681. The summed E-state index contributed by atoms with van der Waals surface area (Å²) in [5, 5.41) is 12.8. The maximum atomic E-state index is 12.3. The van der Waals surface area contributed by atoms with Crippen molar-refractivity contribution in [1.82, 2.24) is 15.1 Å². The van der Waals surface area contributed by atoms with E-state index in [0.717, 1.165) is 0 Å². The molecular formula is C15H27N3O3. The maximum Gasteiger partial charge on any atom is 0.319 e. The largest absolute Gasteiger partial charge is 0.392 e. The molecule has 6 heteroatoms. The first-order chi connectivity index (χ1) is 9.73. The van der Waals surface area contributed by atoms with Gasteiger partial charge in [-0.2, -0.15) is 0 Å². The maximum absolute atomic E-state index is 12.3. The lowest BCUT2D eigenvalue weighted by molar-refractivity contribution is -0.134. The molecule has 2 fully saturated rings. The Labute approximate surface area is 126 Å². The molecule has 1 saturated carbocycles. The van der Waals surface area contributed by atoms with Crippen molar-refractivity contribution in [2.24, 2.45) is 11.3 Å². The number of nitrogens with zero attached hydrogens (tertiary/aromatic N) is 2. The zero-order valence-electron chi connectivity index (χ0n) is 13.4. The van der Waals surface area contributed by atoms with Crippen LogP contribution in [0.4, 0.5) is 4.79 Å². The van der Waals surface area contributed by atoms with Crippen LogP contribution in [-0.2, 0) is 4.79 Å². The van der Waals surface area contributed by atoms with Gasteiger partial charge < -0.3 is 20.2 Å². The molecule has 0 spiro atoms. The van der Waals surface area contributed by atoms with Crippen LogP contribution in [0.1, 0.15) is 33.1 Å². The summed E-state index contributed by atoms with van der Waals surface area (Å²) in [6.45, 7) is 5.21. The Hall–Kier alpha value is -1.30. The van der Waals surface area contributed by atoms with E-state index in [4.69, 9.17) is 0 Å². The first-order valence-electron chi connectivity index (χ1n) is 7.68. The van der Waals surface area contributed by atoms with Crippen molar-refractivity contribution in [2.45, 2.75) is 45.3 Å². The molecule has 2 unspecified atom stereocenters. The molecule has 1 aliphatic heterocycles. The van der Waals surface area contributed by atoms with E-state index < -0.39 is 0 Å². The predicted molar refractivity (Wildman–Crippen MR) is 79.7 cm³/mol. The molecule has 1 aliphatic carbocycles. The van der Waals surface area contributed by atoms with Crippen molar-refractivity contribution < 1.29 is 14.7 Å². The third-order valence-electron chi connectivity index (χ3n) is 5.05. The van der Waals surface area contributed by atoms with Crippen LogP contribution < -0.4 is 5.32 Å². The second-order valence-electron chi connectivity index (χ2n) is 7.07. The fourth-order valence-electron chi connectivity index (χ4n) is 3.05. The molecule has 2 N–H and O–H groups in total. The lowest BCUT2D eigenvalue weighted by atomic mass is 9.64. The fraction of sp³-hybridized carbons (Fsp3) is 0.867. The van der Waals surface area contributed by atoms with E-state index in [1.807, 2.05) is 13.8 Å². The Morgan fingerprint density at radius 2 is 1.81 bits per heavy atom. The van der Waals surface area contributed by atoms with Gasteiger partial charge in [0.25, 0.3) is 0 Å². The Morgan fingerprint density at radius 3 is 2.24 bits per heavy atom. The zero-order chi connectivity index (χ0) is 15.8. The standard InChI is InChI=1S/C15H27N3O3/c1-15(2)11(9-12(15)19)16-13(20)10-5-7-18(8-6-10)14(21)17(3)4/h10-12,19H,5-9H2,1-4H3,(H,16,20). The number of amides is 3. The summed E-state index contributed by atoms with van der Waals surface area (Å²) < 4.78 is 0. The number of carbonyl (C=O) groups excluding carboxylic acids is 2. The number of aliphatic hydroxyl groups is 1. The normalized spacial score (nSPS) is 28.7.